The quantitative estimate of drug-likeness (QED) is 0.597. The van der Waals surface area contributed by atoms with Crippen LogP contribution >= 0.6 is 0 Å². The Labute approximate surface area is 180 Å². The number of ketones is 1. The molecule has 0 spiro atoms. The number of methoxy groups -OCH3 is 1. The molecule has 0 saturated heterocycles. The van der Waals surface area contributed by atoms with Crippen LogP contribution in [0.25, 0.3) is 11.3 Å². The Morgan fingerprint density at radius 2 is 1.77 bits per heavy atom. The predicted octanol–water partition coefficient (Wildman–Crippen LogP) is 5.43. The van der Waals surface area contributed by atoms with E-state index in [0.29, 0.717) is 12.2 Å². The van der Waals surface area contributed by atoms with Gasteiger partial charge in [-0.25, -0.2) is 4.39 Å². The maximum absolute atomic E-state index is 13.7. The minimum absolute atomic E-state index is 0.122. The van der Waals surface area contributed by atoms with Crippen molar-refractivity contribution >= 4 is 11.6 Å². The first kappa shape index (κ1) is 19.5. The third kappa shape index (κ3) is 3.32. The largest absolute Gasteiger partial charge is 0.497 e. The van der Waals surface area contributed by atoms with Crippen LogP contribution < -0.4 is 10.1 Å². The van der Waals surface area contributed by atoms with Crippen LogP contribution in [0.4, 0.5) is 10.2 Å². The summed E-state index contributed by atoms with van der Waals surface area (Å²) in [7, 11) is 1.63. The number of halogens is 1. The number of aromatic nitrogens is 2. The molecule has 1 aliphatic carbocycles. The zero-order valence-corrected chi connectivity index (χ0v) is 17.8. The summed E-state index contributed by atoms with van der Waals surface area (Å²) in [6, 6.07) is 14.1. The number of carbonyl (C=O) groups is 1. The smallest absolute Gasteiger partial charge is 0.162 e. The number of aromatic amines is 1. The minimum Gasteiger partial charge on any atom is -0.497 e. The van der Waals surface area contributed by atoms with Gasteiger partial charge in [0.1, 0.15) is 11.6 Å². The Morgan fingerprint density at radius 1 is 1.06 bits per heavy atom. The fourth-order valence-electron chi connectivity index (χ4n) is 4.76. The molecule has 5 rings (SSSR count). The fraction of sp³-hybridized carbons (Fsp3) is 0.280. The van der Waals surface area contributed by atoms with E-state index in [2.05, 4.69) is 29.4 Å². The second-order valence-corrected chi connectivity index (χ2v) is 9.03. The maximum atomic E-state index is 13.7. The molecule has 2 heterocycles. The topological polar surface area (TPSA) is 67.0 Å². The van der Waals surface area contributed by atoms with E-state index in [0.717, 1.165) is 45.8 Å². The average Bonchev–Trinajstić information content (AvgIpc) is 3.15. The summed E-state index contributed by atoms with van der Waals surface area (Å²) in [5.74, 6) is 0.988. The fourth-order valence-corrected chi connectivity index (χ4v) is 4.76. The van der Waals surface area contributed by atoms with Crippen molar-refractivity contribution in [3.05, 3.63) is 76.7 Å². The summed E-state index contributed by atoms with van der Waals surface area (Å²) in [4.78, 5) is 13.3. The average molecular weight is 417 g/mol. The summed E-state index contributed by atoms with van der Waals surface area (Å²) in [6.45, 7) is 4.21. The van der Waals surface area contributed by atoms with E-state index >= 15 is 0 Å². The Hall–Kier alpha value is -3.41. The third-order valence-corrected chi connectivity index (χ3v) is 6.15. The van der Waals surface area contributed by atoms with Gasteiger partial charge in [0.05, 0.1) is 12.8 Å². The van der Waals surface area contributed by atoms with Crippen LogP contribution in [0.1, 0.15) is 43.7 Å². The molecule has 2 N–H and O–H groups in total. The van der Waals surface area contributed by atoms with E-state index in [4.69, 9.17) is 4.74 Å². The Balaban J connectivity index is 1.70. The number of H-pyrrole nitrogens is 1. The van der Waals surface area contributed by atoms with Gasteiger partial charge in [0, 0.05) is 34.7 Å². The lowest BCUT2D eigenvalue weighted by molar-refractivity contribution is -0.118. The van der Waals surface area contributed by atoms with Crippen molar-refractivity contribution in [3.8, 4) is 17.0 Å². The van der Waals surface area contributed by atoms with Gasteiger partial charge in [-0.05, 0) is 53.8 Å². The van der Waals surface area contributed by atoms with E-state index < -0.39 is 0 Å². The Morgan fingerprint density at radius 3 is 2.45 bits per heavy atom. The highest BCUT2D eigenvalue weighted by Crippen LogP contribution is 2.50. The number of ether oxygens (including phenoxy) is 1. The van der Waals surface area contributed by atoms with Crippen molar-refractivity contribution in [1.29, 1.82) is 0 Å². The van der Waals surface area contributed by atoms with Crippen LogP contribution in [-0.4, -0.2) is 23.1 Å². The summed E-state index contributed by atoms with van der Waals surface area (Å²) in [6.07, 6.45) is 1.24. The second-order valence-electron chi connectivity index (χ2n) is 9.03. The highest BCUT2D eigenvalue weighted by atomic mass is 19.1. The van der Waals surface area contributed by atoms with Gasteiger partial charge >= 0.3 is 0 Å². The number of hydrogen-bond donors (Lipinski definition) is 2. The summed E-state index contributed by atoms with van der Waals surface area (Å²) in [5.41, 5.74) is 5.11. The highest BCUT2D eigenvalue weighted by Gasteiger charge is 2.42. The van der Waals surface area contributed by atoms with Gasteiger partial charge in [0.2, 0.25) is 0 Å². The second kappa shape index (κ2) is 7.08. The molecule has 2 aliphatic rings. The molecule has 0 radical (unpaired) electrons. The molecule has 0 amide bonds. The monoisotopic (exact) mass is 417 g/mol. The summed E-state index contributed by atoms with van der Waals surface area (Å²) in [5, 5.41) is 11.1. The standard InChI is InChI=1S/C25H24FN3O2/c1-25(2)12-18-21(19(30)13-25)20(14-4-8-16(26)9-5-14)22-23(28-29-24(22)27-18)15-6-10-17(31-3)11-7-15/h4-11,20H,12-13H2,1-3H3,(H2,27,28,29)/t20-/m0/s1. The van der Waals surface area contributed by atoms with Crippen molar-refractivity contribution in [2.24, 2.45) is 5.41 Å². The van der Waals surface area contributed by atoms with Gasteiger partial charge in [-0.3, -0.25) is 9.89 Å². The highest BCUT2D eigenvalue weighted by molar-refractivity contribution is 6.02. The first-order valence-electron chi connectivity index (χ1n) is 10.4. The number of nitrogens with one attached hydrogen (secondary N) is 2. The van der Waals surface area contributed by atoms with E-state index in [1.54, 1.807) is 19.2 Å². The number of anilines is 1. The number of nitrogens with zero attached hydrogens (tertiary/aromatic N) is 1. The van der Waals surface area contributed by atoms with E-state index in [1.807, 2.05) is 24.3 Å². The maximum Gasteiger partial charge on any atom is 0.162 e. The lowest BCUT2D eigenvalue weighted by Gasteiger charge is -2.38. The van der Waals surface area contributed by atoms with Crippen LogP contribution in [-0.2, 0) is 4.79 Å². The lowest BCUT2D eigenvalue weighted by atomic mass is 9.69. The first-order chi connectivity index (χ1) is 14.9. The molecule has 6 heteroatoms. The van der Waals surface area contributed by atoms with Crippen molar-refractivity contribution in [1.82, 2.24) is 10.2 Å². The zero-order valence-electron chi connectivity index (χ0n) is 17.8. The minimum atomic E-state index is -0.314. The first-order valence-corrected chi connectivity index (χ1v) is 10.4. The van der Waals surface area contributed by atoms with Crippen LogP contribution in [0.15, 0.2) is 59.8 Å². The van der Waals surface area contributed by atoms with Crippen molar-refractivity contribution in [2.75, 3.05) is 12.4 Å². The molecule has 0 bridgehead atoms. The van der Waals surface area contributed by atoms with Crippen LogP contribution in [0.2, 0.25) is 0 Å². The van der Waals surface area contributed by atoms with Gasteiger partial charge < -0.3 is 10.1 Å². The number of Topliss-reactive ketones (excluding diaryl/α,β-unsaturated/α-hetero) is 1. The van der Waals surface area contributed by atoms with Crippen molar-refractivity contribution < 1.29 is 13.9 Å². The molecule has 0 fully saturated rings. The van der Waals surface area contributed by atoms with Crippen LogP contribution in [0.5, 0.6) is 5.75 Å². The van der Waals surface area contributed by atoms with Gasteiger partial charge in [-0.15, -0.1) is 0 Å². The SMILES string of the molecule is COc1ccc(-c2[nH]nc3c2[C@@H](c2ccc(F)cc2)C2=C(CC(C)(C)CC2=O)N3)cc1. The van der Waals surface area contributed by atoms with E-state index in [9.17, 15) is 9.18 Å². The lowest BCUT2D eigenvalue weighted by Crippen LogP contribution is -2.33. The summed E-state index contributed by atoms with van der Waals surface area (Å²) < 4.78 is 19.0. The van der Waals surface area contributed by atoms with Gasteiger partial charge in [-0.1, -0.05) is 26.0 Å². The molecule has 0 unspecified atom stereocenters. The summed E-state index contributed by atoms with van der Waals surface area (Å²) >= 11 is 0. The molecule has 3 aromatic rings. The number of fused-ring (bicyclic) bond motifs is 1. The third-order valence-electron chi connectivity index (χ3n) is 6.15. The van der Waals surface area contributed by atoms with Crippen molar-refractivity contribution in [2.45, 2.75) is 32.6 Å². The van der Waals surface area contributed by atoms with Crippen LogP contribution in [0, 0.1) is 11.2 Å². The number of allylic oxidation sites excluding steroid dienone is 2. The normalized spacial score (nSPS) is 19.5. The number of rotatable bonds is 3. The Bertz CT molecular complexity index is 1190. The molecular formula is C25H24FN3O2. The molecular weight excluding hydrogens is 393 g/mol. The molecule has 5 nitrogen and oxygen atoms in total. The molecule has 0 saturated carbocycles. The van der Waals surface area contributed by atoms with Gasteiger partial charge in [0.15, 0.2) is 11.6 Å². The number of carbonyl (C=O) groups excluding carboxylic acids is 1. The van der Waals surface area contributed by atoms with E-state index in [1.165, 1.54) is 12.1 Å². The molecule has 2 aromatic carbocycles. The van der Waals surface area contributed by atoms with Gasteiger partial charge in [0.25, 0.3) is 0 Å². The van der Waals surface area contributed by atoms with Gasteiger partial charge in [-0.2, -0.15) is 5.10 Å². The predicted molar refractivity (Wildman–Crippen MR) is 117 cm³/mol. The molecule has 1 atom stereocenters. The molecule has 31 heavy (non-hydrogen) atoms. The molecule has 1 aromatic heterocycles. The molecule has 158 valence electrons. The number of hydrogen-bond acceptors (Lipinski definition) is 4. The van der Waals surface area contributed by atoms with Crippen LogP contribution in [0.3, 0.4) is 0 Å². The molecule has 1 aliphatic heterocycles. The van der Waals surface area contributed by atoms with E-state index in [-0.39, 0.29) is 22.9 Å². The number of benzene rings is 2. The van der Waals surface area contributed by atoms with Crippen molar-refractivity contribution in [3.63, 3.8) is 0 Å². The zero-order chi connectivity index (χ0) is 21.8. The Kier molecular flexibility index (Phi) is 4.46.